The van der Waals surface area contributed by atoms with Gasteiger partial charge in [-0.15, -0.1) is 0 Å². The predicted octanol–water partition coefficient (Wildman–Crippen LogP) is 0.809. The van der Waals surface area contributed by atoms with Gasteiger partial charge < -0.3 is 9.84 Å². The van der Waals surface area contributed by atoms with Crippen molar-refractivity contribution in [3.63, 3.8) is 0 Å². The van der Waals surface area contributed by atoms with E-state index in [2.05, 4.69) is 5.32 Å². The van der Waals surface area contributed by atoms with Gasteiger partial charge in [-0.25, -0.2) is 0 Å². The third-order valence-corrected chi connectivity index (χ3v) is 4.28. The number of aromatic nitrogens is 1. The third-order valence-electron chi connectivity index (χ3n) is 4.28. The minimum Gasteiger partial charge on any atom is -0.504 e. The number of imide groups is 1. The first-order chi connectivity index (χ1) is 12.1. The summed E-state index contributed by atoms with van der Waals surface area (Å²) in [7, 11) is 1.41. The van der Waals surface area contributed by atoms with Gasteiger partial charge in [0.25, 0.3) is 5.91 Å². The van der Waals surface area contributed by atoms with E-state index in [1.165, 1.54) is 13.2 Å². The van der Waals surface area contributed by atoms with Crippen LogP contribution >= 0.6 is 0 Å². The van der Waals surface area contributed by atoms with Crippen molar-refractivity contribution < 1.29 is 24.0 Å². The number of nitrogens with zero attached hydrogens (tertiary/aromatic N) is 2. The second kappa shape index (κ2) is 6.61. The molecule has 7 heteroatoms. The van der Waals surface area contributed by atoms with Crippen molar-refractivity contribution in [3.05, 3.63) is 54.4 Å². The van der Waals surface area contributed by atoms with Crippen molar-refractivity contribution >= 4 is 11.8 Å². The normalized spacial score (nSPS) is 22.8. The van der Waals surface area contributed by atoms with Gasteiger partial charge in [-0.3, -0.25) is 14.9 Å². The maximum Gasteiger partial charge on any atom is 0.296 e. The van der Waals surface area contributed by atoms with Gasteiger partial charge in [0.05, 0.1) is 19.1 Å². The number of phenolic OH excluding ortho intramolecular Hbond substituents is 1. The zero-order valence-electron chi connectivity index (χ0n) is 13.4. The molecule has 7 nitrogen and oxygen atoms in total. The molecule has 2 N–H and O–H groups in total. The molecule has 0 bridgehead atoms. The van der Waals surface area contributed by atoms with Gasteiger partial charge in [-0.1, -0.05) is 12.1 Å². The van der Waals surface area contributed by atoms with E-state index in [1.54, 1.807) is 41.2 Å². The smallest absolute Gasteiger partial charge is 0.296 e. The van der Waals surface area contributed by atoms with Gasteiger partial charge in [0, 0.05) is 12.1 Å². The molecule has 126 valence electrons. The van der Waals surface area contributed by atoms with Crippen LogP contribution in [-0.2, 0) is 9.59 Å². The van der Waals surface area contributed by atoms with Crippen LogP contribution in [0.3, 0.4) is 0 Å². The molecule has 3 rings (SSSR count). The molecule has 3 atom stereocenters. The minimum atomic E-state index is -1.05. The van der Waals surface area contributed by atoms with E-state index in [1.807, 2.05) is 12.1 Å². The van der Waals surface area contributed by atoms with Gasteiger partial charge >= 0.3 is 0 Å². The van der Waals surface area contributed by atoms with Gasteiger partial charge in [-0.2, -0.15) is 9.83 Å². The molecule has 1 aliphatic heterocycles. The maximum atomic E-state index is 12.5. The van der Waals surface area contributed by atoms with Crippen LogP contribution in [0.15, 0.2) is 48.8 Å². The number of carbonyl (C=O) groups is 2. The standard InChI is InChI=1S/C18H15N3O4/c1-25-14-9-11(5-6-13(14)22)15-12(10-19)17(23)20-18(24)16(15)21-7-3-2-4-8-21/h2-9,12,15-16H,1H3,(H-,20,22,23,24)/p+1/t12-,15-,16+/m0/s1. The monoisotopic (exact) mass is 338 g/mol. The number of carbonyl (C=O) groups excluding carboxylic acids is 2. The van der Waals surface area contributed by atoms with Crippen molar-refractivity contribution in [3.8, 4) is 17.6 Å². The number of methoxy groups -OCH3 is 1. The van der Waals surface area contributed by atoms with Crippen molar-refractivity contribution in [2.45, 2.75) is 12.0 Å². The first-order valence-corrected chi connectivity index (χ1v) is 7.64. The number of hydrogen-bond acceptors (Lipinski definition) is 5. The van der Waals surface area contributed by atoms with E-state index in [4.69, 9.17) is 4.74 Å². The molecule has 0 spiro atoms. The summed E-state index contributed by atoms with van der Waals surface area (Å²) in [5.41, 5.74) is 0.561. The van der Waals surface area contributed by atoms with E-state index in [0.717, 1.165) is 0 Å². The topological polar surface area (TPSA) is 103 Å². The molecule has 0 aliphatic carbocycles. The molecule has 2 heterocycles. The second-order valence-corrected chi connectivity index (χ2v) is 5.68. The molecule has 25 heavy (non-hydrogen) atoms. The largest absolute Gasteiger partial charge is 0.504 e. The van der Waals surface area contributed by atoms with Crippen LogP contribution in [0.2, 0.25) is 0 Å². The lowest BCUT2D eigenvalue weighted by Crippen LogP contribution is -2.59. The highest BCUT2D eigenvalue weighted by Crippen LogP contribution is 2.39. The van der Waals surface area contributed by atoms with Crippen LogP contribution in [0, 0.1) is 17.2 Å². The Hall–Kier alpha value is -3.40. The fraction of sp³-hybridized carbons (Fsp3) is 0.222. The van der Waals surface area contributed by atoms with Gasteiger partial charge in [0.1, 0.15) is 5.92 Å². The van der Waals surface area contributed by atoms with Crippen molar-refractivity contribution in [2.24, 2.45) is 5.92 Å². The number of rotatable bonds is 3. The number of piperidine rings is 1. The molecule has 1 aromatic heterocycles. The Morgan fingerprint density at radius 3 is 2.56 bits per heavy atom. The highest BCUT2D eigenvalue weighted by molar-refractivity contribution is 6.02. The first kappa shape index (κ1) is 16.5. The van der Waals surface area contributed by atoms with E-state index < -0.39 is 29.7 Å². The quantitative estimate of drug-likeness (QED) is 0.637. The van der Waals surface area contributed by atoms with Crippen LogP contribution < -0.4 is 14.6 Å². The van der Waals surface area contributed by atoms with Crippen molar-refractivity contribution in [2.75, 3.05) is 7.11 Å². The molecule has 2 amide bonds. The average molecular weight is 338 g/mol. The Bertz CT molecular complexity index is 860. The number of phenols is 1. The summed E-state index contributed by atoms with van der Waals surface area (Å²) in [5, 5.41) is 21.6. The van der Waals surface area contributed by atoms with E-state index >= 15 is 0 Å². The molecule has 1 saturated heterocycles. The number of nitriles is 1. The van der Waals surface area contributed by atoms with Crippen molar-refractivity contribution in [1.29, 1.82) is 5.26 Å². The third kappa shape index (κ3) is 2.90. The molecular formula is C18H16N3O4+. The maximum absolute atomic E-state index is 12.5. The number of hydrogen-bond donors (Lipinski definition) is 2. The number of pyridine rings is 1. The van der Waals surface area contributed by atoms with Gasteiger partial charge in [0.15, 0.2) is 23.9 Å². The van der Waals surface area contributed by atoms with Crippen LogP contribution in [0.1, 0.15) is 17.5 Å². The molecule has 1 fully saturated rings. The Balaban J connectivity index is 2.16. The summed E-state index contributed by atoms with van der Waals surface area (Å²) in [6.45, 7) is 0. The highest BCUT2D eigenvalue weighted by Gasteiger charge is 2.50. The molecule has 1 aliphatic rings. The Kier molecular flexibility index (Phi) is 4.35. The lowest BCUT2D eigenvalue weighted by Gasteiger charge is -2.30. The van der Waals surface area contributed by atoms with E-state index in [9.17, 15) is 20.0 Å². The second-order valence-electron chi connectivity index (χ2n) is 5.68. The molecule has 0 unspecified atom stereocenters. The number of nitrogens with one attached hydrogen (secondary N) is 1. The molecule has 0 saturated carbocycles. The van der Waals surface area contributed by atoms with E-state index in [0.29, 0.717) is 5.56 Å². The average Bonchev–Trinajstić information content (AvgIpc) is 2.62. The number of benzene rings is 1. The SMILES string of the molecule is COc1cc([C@H]2[C@H](C#N)C(=O)NC(=O)[C@@H]2[n+]2ccccc2)ccc1O. The predicted molar refractivity (Wildman–Crippen MR) is 85.3 cm³/mol. The fourth-order valence-electron chi connectivity index (χ4n) is 3.12. The van der Waals surface area contributed by atoms with Crippen LogP contribution in [0.5, 0.6) is 11.5 Å². The van der Waals surface area contributed by atoms with Gasteiger partial charge in [0.2, 0.25) is 11.9 Å². The fourth-order valence-corrected chi connectivity index (χ4v) is 3.12. The number of ether oxygens (including phenoxy) is 1. The summed E-state index contributed by atoms with van der Waals surface area (Å²) >= 11 is 0. The molecule has 1 aromatic carbocycles. The van der Waals surface area contributed by atoms with Gasteiger partial charge in [-0.05, 0) is 17.7 Å². The Morgan fingerprint density at radius 2 is 1.92 bits per heavy atom. The molecule has 0 radical (unpaired) electrons. The van der Waals surface area contributed by atoms with Crippen LogP contribution in [0.4, 0.5) is 0 Å². The van der Waals surface area contributed by atoms with E-state index in [-0.39, 0.29) is 11.5 Å². The summed E-state index contributed by atoms with van der Waals surface area (Å²) in [5.74, 6) is -2.72. The van der Waals surface area contributed by atoms with Crippen LogP contribution in [-0.4, -0.2) is 24.0 Å². The summed E-state index contributed by atoms with van der Waals surface area (Å²) < 4.78 is 6.78. The minimum absolute atomic E-state index is 0.0599. The Morgan fingerprint density at radius 1 is 1.20 bits per heavy atom. The molecule has 2 aromatic rings. The summed E-state index contributed by atoms with van der Waals surface area (Å²) in [6.07, 6.45) is 3.41. The summed E-state index contributed by atoms with van der Waals surface area (Å²) in [6, 6.07) is 11.1. The lowest BCUT2D eigenvalue weighted by molar-refractivity contribution is -0.713. The van der Waals surface area contributed by atoms with Crippen molar-refractivity contribution in [1.82, 2.24) is 5.32 Å². The Labute approximate surface area is 144 Å². The lowest BCUT2D eigenvalue weighted by atomic mass is 9.77. The summed E-state index contributed by atoms with van der Waals surface area (Å²) in [4.78, 5) is 24.7. The van der Waals surface area contributed by atoms with Crippen LogP contribution in [0.25, 0.3) is 0 Å². The zero-order chi connectivity index (χ0) is 18.0. The first-order valence-electron chi connectivity index (χ1n) is 7.64. The highest BCUT2D eigenvalue weighted by atomic mass is 16.5. The molecular weight excluding hydrogens is 322 g/mol. The number of amides is 2. The zero-order valence-corrected chi connectivity index (χ0v) is 13.4. The number of aromatic hydroxyl groups is 1.